The molecule has 0 atom stereocenters. The Morgan fingerprint density at radius 1 is 1.25 bits per heavy atom. The summed E-state index contributed by atoms with van der Waals surface area (Å²) in [5.74, 6) is 0.661. The largest absolute Gasteiger partial charge is 0.348 e. The van der Waals surface area contributed by atoms with Gasteiger partial charge in [-0.3, -0.25) is 9.78 Å². The summed E-state index contributed by atoms with van der Waals surface area (Å²) in [6.45, 7) is 2.46. The van der Waals surface area contributed by atoms with Gasteiger partial charge in [-0.05, 0) is 30.2 Å². The number of carbonyl (C=O) groups is 1. The zero-order valence-electron chi connectivity index (χ0n) is 13.2. The van der Waals surface area contributed by atoms with Crippen molar-refractivity contribution in [1.82, 2.24) is 15.3 Å². The first-order valence-corrected chi connectivity index (χ1v) is 9.39. The summed E-state index contributed by atoms with van der Waals surface area (Å²) in [4.78, 5) is 21.0. The van der Waals surface area contributed by atoms with Crippen molar-refractivity contribution in [3.05, 3.63) is 76.6 Å². The van der Waals surface area contributed by atoms with Crippen molar-refractivity contribution >= 4 is 29.0 Å². The van der Waals surface area contributed by atoms with Crippen molar-refractivity contribution in [3.8, 4) is 0 Å². The Hall–Kier alpha value is -2.18. The molecule has 0 fully saturated rings. The van der Waals surface area contributed by atoms with Crippen LogP contribution in [0.4, 0.5) is 0 Å². The molecule has 6 heteroatoms. The lowest BCUT2D eigenvalue weighted by Gasteiger charge is -2.09. The van der Waals surface area contributed by atoms with Gasteiger partial charge in [-0.1, -0.05) is 36.0 Å². The second-order valence-electron chi connectivity index (χ2n) is 5.24. The molecule has 0 spiro atoms. The number of hydrogen-bond acceptors (Lipinski definition) is 5. The van der Waals surface area contributed by atoms with Crippen molar-refractivity contribution in [3.63, 3.8) is 0 Å². The molecule has 0 aliphatic rings. The van der Waals surface area contributed by atoms with Gasteiger partial charge in [0.2, 0.25) is 0 Å². The van der Waals surface area contributed by atoms with Gasteiger partial charge in [-0.15, -0.1) is 11.3 Å². The predicted octanol–water partition coefficient (Wildman–Crippen LogP) is 4.07. The van der Waals surface area contributed by atoms with Crippen LogP contribution < -0.4 is 5.32 Å². The van der Waals surface area contributed by atoms with E-state index in [-0.39, 0.29) is 5.91 Å². The van der Waals surface area contributed by atoms with Gasteiger partial charge in [0.15, 0.2) is 0 Å². The van der Waals surface area contributed by atoms with Gasteiger partial charge < -0.3 is 5.32 Å². The molecule has 0 saturated heterocycles. The molecule has 3 rings (SSSR count). The van der Waals surface area contributed by atoms with Gasteiger partial charge in [0, 0.05) is 41.3 Å². The van der Waals surface area contributed by atoms with Crippen LogP contribution in [-0.4, -0.2) is 15.9 Å². The molecule has 0 radical (unpaired) electrons. The summed E-state index contributed by atoms with van der Waals surface area (Å²) in [5.41, 5.74) is 3.74. The van der Waals surface area contributed by atoms with Gasteiger partial charge in [-0.2, -0.15) is 0 Å². The van der Waals surface area contributed by atoms with Gasteiger partial charge in [-0.25, -0.2) is 4.98 Å². The van der Waals surface area contributed by atoms with Crippen LogP contribution in [0.2, 0.25) is 0 Å². The number of amides is 1. The van der Waals surface area contributed by atoms with Crippen molar-refractivity contribution in [2.24, 2.45) is 0 Å². The molecule has 3 aromatic rings. The highest BCUT2D eigenvalue weighted by Crippen LogP contribution is 2.27. The van der Waals surface area contributed by atoms with E-state index >= 15 is 0 Å². The minimum atomic E-state index is -0.0645. The predicted molar refractivity (Wildman–Crippen MR) is 98.3 cm³/mol. The third kappa shape index (κ3) is 4.43. The van der Waals surface area contributed by atoms with E-state index < -0.39 is 0 Å². The summed E-state index contributed by atoms with van der Waals surface area (Å²) >= 11 is 3.29. The monoisotopic (exact) mass is 355 g/mol. The molecule has 0 aliphatic heterocycles. The Kier molecular flexibility index (Phi) is 5.61. The van der Waals surface area contributed by atoms with Crippen LogP contribution in [0.5, 0.6) is 0 Å². The first-order chi connectivity index (χ1) is 11.7. The SMILES string of the molecule is Cc1csc(SCc2ccccc2C(=O)NCc2cccnc2)n1. The number of rotatable bonds is 6. The number of thioether (sulfide) groups is 1. The van der Waals surface area contributed by atoms with Crippen LogP contribution in [0.3, 0.4) is 0 Å². The highest BCUT2D eigenvalue weighted by atomic mass is 32.2. The first-order valence-electron chi connectivity index (χ1n) is 7.52. The maximum atomic E-state index is 12.5. The molecule has 24 heavy (non-hydrogen) atoms. The Morgan fingerprint density at radius 3 is 2.88 bits per heavy atom. The van der Waals surface area contributed by atoms with E-state index in [1.54, 1.807) is 35.5 Å². The summed E-state index contributed by atoms with van der Waals surface area (Å²) in [5, 5.41) is 4.99. The van der Waals surface area contributed by atoms with E-state index in [9.17, 15) is 4.79 Å². The van der Waals surface area contributed by atoms with Crippen LogP contribution in [0.25, 0.3) is 0 Å². The number of nitrogens with zero attached hydrogens (tertiary/aromatic N) is 2. The molecule has 1 N–H and O–H groups in total. The highest BCUT2D eigenvalue weighted by Gasteiger charge is 2.11. The number of nitrogens with one attached hydrogen (secondary N) is 1. The molecular formula is C18H17N3OS2. The smallest absolute Gasteiger partial charge is 0.251 e. The minimum absolute atomic E-state index is 0.0645. The van der Waals surface area contributed by atoms with E-state index in [1.807, 2.05) is 48.7 Å². The van der Waals surface area contributed by atoms with Crippen LogP contribution in [0.1, 0.15) is 27.2 Å². The van der Waals surface area contributed by atoms with Gasteiger partial charge in [0.1, 0.15) is 4.34 Å². The molecule has 4 nitrogen and oxygen atoms in total. The normalized spacial score (nSPS) is 10.5. The van der Waals surface area contributed by atoms with Gasteiger partial charge >= 0.3 is 0 Å². The quantitative estimate of drug-likeness (QED) is 0.677. The maximum Gasteiger partial charge on any atom is 0.251 e. The second-order valence-corrected chi connectivity index (χ2v) is 7.33. The van der Waals surface area contributed by atoms with E-state index in [4.69, 9.17) is 0 Å². The Morgan fingerprint density at radius 2 is 2.12 bits per heavy atom. The van der Waals surface area contributed by atoms with Gasteiger partial charge in [0.05, 0.1) is 0 Å². The molecule has 2 heterocycles. The molecule has 122 valence electrons. The summed E-state index contributed by atoms with van der Waals surface area (Å²) in [6.07, 6.45) is 3.48. The first kappa shape index (κ1) is 16.7. The van der Waals surface area contributed by atoms with E-state index in [2.05, 4.69) is 15.3 Å². The van der Waals surface area contributed by atoms with Crippen LogP contribution in [-0.2, 0) is 12.3 Å². The summed E-state index contributed by atoms with van der Waals surface area (Å²) < 4.78 is 1.03. The van der Waals surface area contributed by atoms with E-state index in [0.717, 1.165) is 26.9 Å². The average molecular weight is 355 g/mol. The molecule has 0 saturated carbocycles. The van der Waals surface area contributed by atoms with E-state index in [1.165, 1.54) is 0 Å². The molecule has 0 bridgehead atoms. The average Bonchev–Trinajstić information content (AvgIpc) is 3.04. The molecule has 1 aromatic carbocycles. The van der Waals surface area contributed by atoms with Gasteiger partial charge in [0.25, 0.3) is 5.91 Å². The standard InChI is InChI=1S/C18H17N3OS2/c1-13-11-23-18(21-13)24-12-15-6-2-3-7-16(15)17(22)20-10-14-5-4-8-19-9-14/h2-9,11H,10,12H2,1H3,(H,20,22). The van der Waals surface area contributed by atoms with Crippen molar-refractivity contribution in [2.45, 2.75) is 23.6 Å². The Balaban J connectivity index is 1.65. The lowest BCUT2D eigenvalue weighted by molar-refractivity contribution is 0.0950. The molecule has 0 unspecified atom stereocenters. The lowest BCUT2D eigenvalue weighted by Crippen LogP contribution is -2.23. The maximum absolute atomic E-state index is 12.5. The van der Waals surface area contributed by atoms with Crippen molar-refractivity contribution in [1.29, 1.82) is 0 Å². The number of pyridine rings is 1. The number of benzene rings is 1. The number of aromatic nitrogens is 2. The number of carbonyl (C=O) groups excluding carboxylic acids is 1. The van der Waals surface area contributed by atoms with Crippen molar-refractivity contribution < 1.29 is 4.79 Å². The number of aryl methyl sites for hydroxylation is 1. The second kappa shape index (κ2) is 8.08. The Bertz CT molecular complexity index is 818. The fraction of sp³-hybridized carbons (Fsp3) is 0.167. The summed E-state index contributed by atoms with van der Waals surface area (Å²) in [6, 6.07) is 11.5. The van der Waals surface area contributed by atoms with E-state index in [0.29, 0.717) is 12.1 Å². The fourth-order valence-electron chi connectivity index (χ4n) is 2.19. The minimum Gasteiger partial charge on any atom is -0.348 e. The van der Waals surface area contributed by atoms with Crippen LogP contribution >= 0.6 is 23.1 Å². The fourth-order valence-corrected chi connectivity index (χ4v) is 4.04. The topological polar surface area (TPSA) is 54.9 Å². The third-order valence-corrected chi connectivity index (χ3v) is 5.57. The molecular weight excluding hydrogens is 338 g/mol. The molecule has 1 amide bonds. The highest BCUT2D eigenvalue weighted by molar-refractivity contribution is 8.00. The Labute approximate surface area is 149 Å². The number of hydrogen-bond donors (Lipinski definition) is 1. The zero-order chi connectivity index (χ0) is 16.8. The third-order valence-electron chi connectivity index (χ3n) is 3.39. The van der Waals surface area contributed by atoms with Crippen LogP contribution in [0, 0.1) is 6.92 Å². The van der Waals surface area contributed by atoms with Crippen LogP contribution in [0.15, 0.2) is 58.5 Å². The summed E-state index contributed by atoms with van der Waals surface area (Å²) in [7, 11) is 0. The molecule has 2 aromatic heterocycles. The number of thiazole rings is 1. The lowest BCUT2D eigenvalue weighted by atomic mass is 10.1. The van der Waals surface area contributed by atoms with Crippen molar-refractivity contribution in [2.75, 3.05) is 0 Å². The molecule has 0 aliphatic carbocycles. The zero-order valence-corrected chi connectivity index (χ0v) is 14.9.